The maximum Gasteiger partial charge on any atom is 0.276 e. The van der Waals surface area contributed by atoms with Crippen LogP contribution in [0.2, 0.25) is 0 Å². The van der Waals surface area contributed by atoms with Gasteiger partial charge in [-0.1, -0.05) is 36.9 Å². The van der Waals surface area contributed by atoms with E-state index in [2.05, 4.69) is 12.2 Å². The lowest BCUT2D eigenvalue weighted by Gasteiger charge is -2.34. The lowest BCUT2D eigenvalue weighted by molar-refractivity contribution is -0.116. The van der Waals surface area contributed by atoms with E-state index in [4.69, 9.17) is 19.6 Å². The standard InChI is InChI=1S/C21H22N4O3S/c1-4-11-29-21-23-20(26)18-14-7-5-6-8-16(14)22-19(25(18)24-21)15-12-13(27-2)9-10-17(15)28-3/h5-10,12,19H,4,11H2,1-3H3,(H,23,24,26)/t19-/m0/s1. The molecule has 2 aliphatic heterocycles. The highest BCUT2D eigenvalue weighted by Crippen LogP contribution is 2.37. The first-order valence-electron chi connectivity index (χ1n) is 9.37. The Labute approximate surface area is 173 Å². The summed E-state index contributed by atoms with van der Waals surface area (Å²) in [5.41, 5.74) is 1.25. The van der Waals surface area contributed by atoms with E-state index in [1.54, 1.807) is 19.2 Å². The van der Waals surface area contributed by atoms with Crippen LogP contribution >= 0.6 is 11.8 Å². The van der Waals surface area contributed by atoms with E-state index in [0.717, 1.165) is 28.3 Å². The van der Waals surface area contributed by atoms with Crippen LogP contribution in [0.25, 0.3) is 5.70 Å². The number of hydrogen-bond acceptors (Lipinski definition) is 7. The molecule has 150 valence electrons. The SMILES string of the molecule is CCCSC1=NN2C(=c3ccccc3=N[C@@H]2c2cc(OC)ccc2OC)C(=O)N1. The molecule has 0 radical (unpaired) electrons. The topological polar surface area (TPSA) is 75.5 Å². The number of rotatable bonds is 5. The summed E-state index contributed by atoms with van der Waals surface area (Å²) < 4.78 is 11.0. The number of carbonyl (C=O) groups excluding carboxylic acids is 1. The van der Waals surface area contributed by atoms with Crippen molar-refractivity contribution in [3.05, 3.63) is 58.6 Å². The Morgan fingerprint density at radius 1 is 1.17 bits per heavy atom. The number of hydrogen-bond donors (Lipinski definition) is 1. The van der Waals surface area contributed by atoms with Crippen molar-refractivity contribution < 1.29 is 14.3 Å². The Hall–Kier alpha value is -3.00. The highest BCUT2D eigenvalue weighted by atomic mass is 32.2. The van der Waals surface area contributed by atoms with Crippen LogP contribution in [0.4, 0.5) is 0 Å². The summed E-state index contributed by atoms with van der Waals surface area (Å²) in [7, 11) is 3.23. The fourth-order valence-electron chi connectivity index (χ4n) is 3.33. The molecule has 1 N–H and O–H groups in total. The molecule has 0 saturated heterocycles. The molecule has 0 aromatic heterocycles. The molecule has 2 aromatic rings. The van der Waals surface area contributed by atoms with Gasteiger partial charge in [-0.05, 0) is 30.7 Å². The first-order chi connectivity index (χ1) is 14.2. The van der Waals surface area contributed by atoms with Gasteiger partial charge in [-0.25, -0.2) is 5.01 Å². The Bertz CT molecular complexity index is 1100. The zero-order chi connectivity index (χ0) is 20.4. The van der Waals surface area contributed by atoms with Crippen molar-refractivity contribution in [2.75, 3.05) is 20.0 Å². The minimum Gasteiger partial charge on any atom is -0.497 e. The number of carbonyl (C=O) groups is 1. The minimum absolute atomic E-state index is 0.187. The smallest absolute Gasteiger partial charge is 0.276 e. The Morgan fingerprint density at radius 3 is 2.76 bits per heavy atom. The molecule has 1 atom stereocenters. The third-order valence-electron chi connectivity index (χ3n) is 4.67. The van der Waals surface area contributed by atoms with Crippen molar-refractivity contribution in [1.82, 2.24) is 10.3 Å². The first-order valence-corrected chi connectivity index (χ1v) is 10.4. The number of methoxy groups -OCH3 is 2. The number of amidine groups is 1. The fourth-order valence-corrected chi connectivity index (χ4v) is 4.04. The molecule has 1 amide bonds. The molecule has 7 nitrogen and oxygen atoms in total. The van der Waals surface area contributed by atoms with E-state index < -0.39 is 6.17 Å². The predicted molar refractivity (Wildman–Crippen MR) is 113 cm³/mol. The van der Waals surface area contributed by atoms with Gasteiger partial charge in [-0.15, -0.1) is 5.10 Å². The maximum atomic E-state index is 13.0. The van der Waals surface area contributed by atoms with Crippen LogP contribution in [0.15, 0.2) is 52.6 Å². The number of hydrazone groups is 1. The van der Waals surface area contributed by atoms with Gasteiger partial charge < -0.3 is 9.47 Å². The van der Waals surface area contributed by atoms with Crippen LogP contribution in [0.3, 0.4) is 0 Å². The number of thioether (sulfide) groups is 1. The van der Waals surface area contributed by atoms with Gasteiger partial charge >= 0.3 is 0 Å². The monoisotopic (exact) mass is 410 g/mol. The zero-order valence-corrected chi connectivity index (χ0v) is 17.3. The summed E-state index contributed by atoms with van der Waals surface area (Å²) in [6, 6.07) is 13.1. The van der Waals surface area contributed by atoms with Crippen LogP contribution in [0.5, 0.6) is 11.5 Å². The molecule has 29 heavy (non-hydrogen) atoms. The van der Waals surface area contributed by atoms with E-state index >= 15 is 0 Å². The van der Waals surface area contributed by atoms with E-state index in [1.807, 2.05) is 42.5 Å². The van der Waals surface area contributed by atoms with E-state index in [-0.39, 0.29) is 5.91 Å². The molecule has 2 aliphatic rings. The summed E-state index contributed by atoms with van der Waals surface area (Å²) in [6.07, 6.45) is 0.435. The summed E-state index contributed by atoms with van der Waals surface area (Å²) in [5, 5.41) is 11.4. The molecular formula is C21H22N4O3S. The van der Waals surface area contributed by atoms with E-state index in [9.17, 15) is 4.79 Å². The van der Waals surface area contributed by atoms with Gasteiger partial charge in [0.2, 0.25) is 0 Å². The second-order valence-corrected chi connectivity index (χ2v) is 7.61. The first kappa shape index (κ1) is 19.3. The molecule has 0 saturated carbocycles. The average molecular weight is 410 g/mol. The zero-order valence-electron chi connectivity index (χ0n) is 16.5. The summed E-state index contributed by atoms with van der Waals surface area (Å²) in [5.74, 6) is 2.01. The molecule has 0 spiro atoms. The second kappa shape index (κ2) is 8.16. The lowest BCUT2D eigenvalue weighted by atomic mass is 10.1. The number of para-hydroxylation sites is 1. The third kappa shape index (κ3) is 3.55. The molecule has 0 bridgehead atoms. The van der Waals surface area contributed by atoms with Gasteiger partial charge in [-0.2, -0.15) is 0 Å². The number of ether oxygens (including phenoxy) is 2. The largest absolute Gasteiger partial charge is 0.497 e. The van der Waals surface area contributed by atoms with Gasteiger partial charge in [0.05, 0.1) is 19.6 Å². The Kier molecular flexibility index (Phi) is 5.44. The number of nitrogens with one attached hydrogen (secondary N) is 1. The summed E-state index contributed by atoms with van der Waals surface area (Å²) in [6.45, 7) is 2.09. The van der Waals surface area contributed by atoms with Gasteiger partial charge in [-0.3, -0.25) is 15.1 Å². The highest BCUT2D eigenvalue weighted by molar-refractivity contribution is 8.13. The Morgan fingerprint density at radius 2 is 2.00 bits per heavy atom. The number of nitrogens with zero attached hydrogens (tertiary/aromatic N) is 3. The highest BCUT2D eigenvalue weighted by Gasteiger charge is 2.35. The second-order valence-electron chi connectivity index (χ2n) is 6.53. The lowest BCUT2D eigenvalue weighted by Crippen LogP contribution is -2.50. The van der Waals surface area contributed by atoms with Gasteiger partial charge in [0.15, 0.2) is 11.3 Å². The van der Waals surface area contributed by atoms with Crippen LogP contribution in [0.1, 0.15) is 25.1 Å². The van der Waals surface area contributed by atoms with Crippen LogP contribution < -0.4 is 25.4 Å². The molecule has 2 aromatic carbocycles. The van der Waals surface area contributed by atoms with Crippen molar-refractivity contribution in [1.29, 1.82) is 0 Å². The van der Waals surface area contributed by atoms with Crippen molar-refractivity contribution in [3.8, 4) is 11.5 Å². The van der Waals surface area contributed by atoms with Crippen LogP contribution in [-0.4, -0.2) is 36.1 Å². The molecule has 0 unspecified atom stereocenters. The summed E-state index contributed by atoms with van der Waals surface area (Å²) in [4.78, 5) is 17.9. The van der Waals surface area contributed by atoms with Gasteiger partial charge in [0.25, 0.3) is 5.91 Å². The minimum atomic E-state index is -0.548. The summed E-state index contributed by atoms with van der Waals surface area (Å²) >= 11 is 1.52. The van der Waals surface area contributed by atoms with E-state index in [1.165, 1.54) is 11.8 Å². The average Bonchev–Trinajstić information content (AvgIpc) is 2.76. The van der Waals surface area contributed by atoms with Crippen molar-refractivity contribution in [3.63, 3.8) is 0 Å². The molecule has 2 heterocycles. The van der Waals surface area contributed by atoms with Crippen molar-refractivity contribution in [2.24, 2.45) is 10.1 Å². The quantitative estimate of drug-likeness (QED) is 0.816. The van der Waals surface area contributed by atoms with Crippen LogP contribution in [-0.2, 0) is 4.79 Å². The van der Waals surface area contributed by atoms with Crippen LogP contribution in [0, 0.1) is 0 Å². The van der Waals surface area contributed by atoms with Crippen molar-refractivity contribution >= 4 is 28.5 Å². The third-order valence-corrected chi connectivity index (χ3v) is 5.74. The fraction of sp³-hybridized carbons (Fsp3) is 0.286. The molecule has 0 fully saturated rings. The van der Waals surface area contributed by atoms with E-state index in [0.29, 0.717) is 22.4 Å². The molecular weight excluding hydrogens is 388 g/mol. The predicted octanol–water partition coefficient (Wildman–Crippen LogP) is 1.99. The normalized spacial score (nSPS) is 17.6. The number of amides is 1. The van der Waals surface area contributed by atoms with Gasteiger partial charge in [0.1, 0.15) is 17.2 Å². The molecule has 0 aliphatic carbocycles. The number of fused-ring (bicyclic) bond motifs is 2. The maximum absolute atomic E-state index is 13.0. The number of benzene rings is 2. The van der Waals surface area contributed by atoms with Gasteiger partial charge in [0, 0.05) is 16.5 Å². The molecule has 4 rings (SSSR count). The Balaban J connectivity index is 1.93. The molecule has 8 heteroatoms. The van der Waals surface area contributed by atoms with Crippen molar-refractivity contribution in [2.45, 2.75) is 19.5 Å².